The van der Waals surface area contributed by atoms with Gasteiger partial charge < -0.3 is 10.1 Å². The minimum absolute atomic E-state index is 0.0135. The average Bonchev–Trinajstić information content (AvgIpc) is 2.82. The minimum atomic E-state index is -2.85. The molecule has 1 N–H and O–H groups in total. The van der Waals surface area contributed by atoms with Crippen LogP contribution in [0.3, 0.4) is 0 Å². The molecule has 0 aliphatic carbocycles. The Balaban J connectivity index is 2.10. The van der Waals surface area contributed by atoms with Crippen molar-refractivity contribution in [2.45, 2.75) is 52.8 Å². The fourth-order valence-corrected chi connectivity index (χ4v) is 2.18. The van der Waals surface area contributed by atoms with E-state index in [0.29, 0.717) is 5.82 Å². The standard InChI is InChI=1S/C16H22F2N4O/c1-10(13-9-22(16(3,4)5)21-11(13)2)20-14-7-6-12(8-19-14)23-15(17)18/h6-10,15H,1-5H3,(H,19,20). The van der Waals surface area contributed by atoms with Crippen LogP contribution in [0.15, 0.2) is 24.5 Å². The lowest BCUT2D eigenvalue weighted by Gasteiger charge is -2.19. The van der Waals surface area contributed by atoms with Gasteiger partial charge in [0, 0.05) is 11.8 Å². The highest BCUT2D eigenvalue weighted by Gasteiger charge is 2.19. The van der Waals surface area contributed by atoms with Gasteiger partial charge in [0.1, 0.15) is 11.6 Å². The van der Waals surface area contributed by atoms with Crippen molar-refractivity contribution in [3.8, 4) is 5.75 Å². The van der Waals surface area contributed by atoms with Crippen molar-refractivity contribution < 1.29 is 13.5 Å². The van der Waals surface area contributed by atoms with Gasteiger partial charge in [-0.3, -0.25) is 4.68 Å². The van der Waals surface area contributed by atoms with Crippen LogP contribution in [-0.4, -0.2) is 21.4 Å². The van der Waals surface area contributed by atoms with Crippen LogP contribution in [0, 0.1) is 6.92 Å². The molecule has 7 heteroatoms. The first-order valence-corrected chi connectivity index (χ1v) is 7.41. The molecule has 0 fully saturated rings. The van der Waals surface area contributed by atoms with Gasteiger partial charge in [-0.1, -0.05) is 0 Å². The van der Waals surface area contributed by atoms with E-state index < -0.39 is 6.61 Å². The van der Waals surface area contributed by atoms with E-state index in [2.05, 4.69) is 40.9 Å². The summed E-state index contributed by atoms with van der Waals surface area (Å²) in [6, 6.07) is 3.05. The maximum Gasteiger partial charge on any atom is 0.387 e. The highest BCUT2D eigenvalue weighted by molar-refractivity contribution is 5.40. The van der Waals surface area contributed by atoms with Crippen LogP contribution < -0.4 is 10.1 Å². The summed E-state index contributed by atoms with van der Waals surface area (Å²) in [6.45, 7) is 7.38. The number of anilines is 1. The van der Waals surface area contributed by atoms with Crippen molar-refractivity contribution in [2.24, 2.45) is 0 Å². The Labute approximate surface area is 134 Å². The molecule has 1 unspecified atom stereocenters. The lowest BCUT2D eigenvalue weighted by molar-refractivity contribution is -0.0500. The fraction of sp³-hybridized carbons (Fsp3) is 0.500. The highest BCUT2D eigenvalue weighted by Crippen LogP contribution is 2.24. The smallest absolute Gasteiger partial charge is 0.387 e. The number of alkyl halides is 2. The third-order valence-electron chi connectivity index (χ3n) is 3.42. The van der Waals surface area contributed by atoms with Gasteiger partial charge in [-0.2, -0.15) is 13.9 Å². The molecule has 2 heterocycles. The van der Waals surface area contributed by atoms with Gasteiger partial charge in [0.25, 0.3) is 0 Å². The van der Waals surface area contributed by atoms with Gasteiger partial charge in [-0.25, -0.2) is 4.98 Å². The third kappa shape index (κ3) is 4.40. The molecular formula is C16H22F2N4O. The number of aromatic nitrogens is 3. The lowest BCUT2D eigenvalue weighted by atomic mass is 10.1. The van der Waals surface area contributed by atoms with Crippen molar-refractivity contribution in [2.75, 3.05) is 5.32 Å². The summed E-state index contributed by atoms with van der Waals surface area (Å²) in [5.74, 6) is 0.622. The molecule has 0 aliphatic rings. The average molecular weight is 324 g/mol. The summed E-state index contributed by atoms with van der Waals surface area (Å²) in [5, 5.41) is 7.78. The van der Waals surface area contributed by atoms with Crippen LogP contribution >= 0.6 is 0 Å². The predicted octanol–water partition coefficient (Wildman–Crippen LogP) is 4.12. The molecule has 2 aromatic heterocycles. The van der Waals surface area contributed by atoms with Crippen molar-refractivity contribution in [1.82, 2.24) is 14.8 Å². The maximum atomic E-state index is 12.1. The summed E-state index contributed by atoms with van der Waals surface area (Å²) in [4.78, 5) is 4.09. The number of aryl methyl sites for hydroxylation is 1. The van der Waals surface area contributed by atoms with E-state index in [-0.39, 0.29) is 17.3 Å². The van der Waals surface area contributed by atoms with E-state index in [0.717, 1.165) is 11.3 Å². The number of rotatable bonds is 5. The van der Waals surface area contributed by atoms with E-state index in [1.807, 2.05) is 24.7 Å². The van der Waals surface area contributed by atoms with Crippen molar-refractivity contribution >= 4 is 5.82 Å². The van der Waals surface area contributed by atoms with Crippen molar-refractivity contribution in [3.63, 3.8) is 0 Å². The monoisotopic (exact) mass is 324 g/mol. The zero-order chi connectivity index (χ0) is 17.2. The second-order valence-electron chi connectivity index (χ2n) is 6.41. The van der Waals surface area contributed by atoms with Crippen LogP contribution in [0.5, 0.6) is 5.75 Å². The second-order valence-corrected chi connectivity index (χ2v) is 6.41. The van der Waals surface area contributed by atoms with Crippen LogP contribution in [0.2, 0.25) is 0 Å². The molecule has 0 aromatic carbocycles. The number of nitrogens with zero attached hydrogens (tertiary/aromatic N) is 3. The third-order valence-corrected chi connectivity index (χ3v) is 3.42. The van der Waals surface area contributed by atoms with Crippen molar-refractivity contribution in [3.05, 3.63) is 35.8 Å². The van der Waals surface area contributed by atoms with Crippen molar-refractivity contribution in [1.29, 1.82) is 0 Å². The molecule has 1 atom stereocenters. The Bertz CT molecular complexity index is 647. The largest absolute Gasteiger partial charge is 0.433 e. The molecule has 0 aliphatic heterocycles. The molecule has 5 nitrogen and oxygen atoms in total. The van der Waals surface area contributed by atoms with E-state index in [9.17, 15) is 8.78 Å². The van der Waals surface area contributed by atoms with Gasteiger partial charge in [-0.05, 0) is 46.8 Å². The normalized spacial score (nSPS) is 13.2. The molecule has 23 heavy (non-hydrogen) atoms. The number of hydrogen-bond donors (Lipinski definition) is 1. The van der Waals surface area contributed by atoms with Gasteiger partial charge in [0.05, 0.1) is 23.5 Å². The minimum Gasteiger partial charge on any atom is -0.433 e. The zero-order valence-electron chi connectivity index (χ0n) is 14.0. The SMILES string of the molecule is Cc1nn(C(C)(C)C)cc1C(C)Nc1ccc(OC(F)F)cn1. The Kier molecular flexibility index (Phi) is 4.87. The highest BCUT2D eigenvalue weighted by atomic mass is 19.3. The molecule has 0 spiro atoms. The summed E-state index contributed by atoms with van der Waals surface area (Å²) in [5.41, 5.74) is 1.92. The number of hydrogen-bond acceptors (Lipinski definition) is 4. The van der Waals surface area contributed by atoms with Crippen LogP contribution in [-0.2, 0) is 5.54 Å². The Morgan fingerprint density at radius 2 is 1.96 bits per heavy atom. The molecule has 0 radical (unpaired) electrons. The molecule has 0 bridgehead atoms. The Morgan fingerprint density at radius 3 is 2.43 bits per heavy atom. The van der Waals surface area contributed by atoms with Gasteiger partial charge >= 0.3 is 6.61 Å². The van der Waals surface area contributed by atoms with E-state index in [1.54, 1.807) is 6.07 Å². The first kappa shape index (κ1) is 17.2. The molecule has 0 amide bonds. The van der Waals surface area contributed by atoms with Crippen LogP contribution in [0.1, 0.15) is 45.0 Å². The summed E-state index contributed by atoms with van der Waals surface area (Å²) >= 11 is 0. The number of pyridine rings is 1. The second kappa shape index (κ2) is 6.52. The first-order chi connectivity index (χ1) is 10.7. The Morgan fingerprint density at radius 1 is 1.26 bits per heavy atom. The number of nitrogens with one attached hydrogen (secondary N) is 1. The topological polar surface area (TPSA) is 52.0 Å². The van der Waals surface area contributed by atoms with Gasteiger partial charge in [0.2, 0.25) is 0 Å². The van der Waals surface area contributed by atoms with E-state index in [1.165, 1.54) is 12.3 Å². The van der Waals surface area contributed by atoms with E-state index in [4.69, 9.17) is 0 Å². The molecular weight excluding hydrogens is 302 g/mol. The molecule has 2 aromatic rings. The van der Waals surface area contributed by atoms with E-state index >= 15 is 0 Å². The molecule has 2 rings (SSSR count). The molecule has 0 saturated heterocycles. The lowest BCUT2D eigenvalue weighted by Crippen LogP contribution is -2.22. The summed E-state index contributed by atoms with van der Waals surface area (Å²) in [6.07, 6.45) is 3.29. The van der Waals surface area contributed by atoms with Gasteiger partial charge in [-0.15, -0.1) is 0 Å². The van der Waals surface area contributed by atoms with Crippen LogP contribution in [0.25, 0.3) is 0 Å². The predicted molar refractivity (Wildman–Crippen MR) is 84.9 cm³/mol. The fourth-order valence-electron chi connectivity index (χ4n) is 2.18. The maximum absolute atomic E-state index is 12.1. The molecule has 0 saturated carbocycles. The number of ether oxygens (including phenoxy) is 1. The Hall–Kier alpha value is -2.18. The van der Waals surface area contributed by atoms with Crippen LogP contribution in [0.4, 0.5) is 14.6 Å². The summed E-state index contributed by atoms with van der Waals surface area (Å²) < 4.78 is 30.5. The summed E-state index contributed by atoms with van der Waals surface area (Å²) in [7, 11) is 0. The zero-order valence-corrected chi connectivity index (χ0v) is 14.0. The quantitative estimate of drug-likeness (QED) is 0.899. The van der Waals surface area contributed by atoms with Gasteiger partial charge in [0.15, 0.2) is 0 Å². The molecule has 126 valence electrons. The first-order valence-electron chi connectivity index (χ1n) is 7.41. The number of halogens is 2.